The molecule has 1 N–H and O–H groups in total. The molecule has 1 aliphatic rings. The number of hydrogen-bond donors (Lipinski definition) is 1. The normalized spacial score (nSPS) is 14.9. The van der Waals surface area contributed by atoms with Crippen molar-refractivity contribution < 1.29 is 14.3 Å². The molecule has 2 heterocycles. The maximum absolute atomic E-state index is 12.8. The van der Waals surface area contributed by atoms with Gasteiger partial charge in [-0.1, -0.05) is 61.0 Å². The number of rotatable bonds is 11. The highest BCUT2D eigenvalue weighted by Gasteiger charge is 2.33. The highest BCUT2D eigenvalue weighted by molar-refractivity contribution is 7.98. The highest BCUT2D eigenvalue weighted by atomic mass is 35.5. The minimum Gasteiger partial charge on any atom is -0.490 e. The van der Waals surface area contributed by atoms with E-state index in [1.165, 1.54) is 11.8 Å². The number of ether oxygens (including phenoxy) is 2. The van der Waals surface area contributed by atoms with Crippen molar-refractivity contribution in [3.05, 3.63) is 69.9 Å². The summed E-state index contributed by atoms with van der Waals surface area (Å²) in [5, 5.41) is 9.36. The maximum atomic E-state index is 12.8. The van der Waals surface area contributed by atoms with Crippen LogP contribution in [0.4, 0.5) is 5.95 Å². The molecule has 1 atom stereocenters. The van der Waals surface area contributed by atoms with Crippen LogP contribution in [0.15, 0.2) is 58.9 Å². The molecule has 0 radical (unpaired) electrons. The number of fused-ring (bicyclic) bond motifs is 1. The Labute approximate surface area is 221 Å². The first-order chi connectivity index (χ1) is 17.4. The molecule has 1 aromatic heterocycles. The average Bonchev–Trinajstić information content (AvgIpc) is 3.26. The van der Waals surface area contributed by atoms with E-state index in [4.69, 9.17) is 31.2 Å². The summed E-state index contributed by atoms with van der Waals surface area (Å²) in [6, 6.07) is 13.1. The van der Waals surface area contributed by atoms with Gasteiger partial charge in [0, 0.05) is 22.0 Å². The van der Waals surface area contributed by atoms with E-state index >= 15 is 0 Å². The number of anilines is 1. The van der Waals surface area contributed by atoms with Crippen LogP contribution in [0.1, 0.15) is 57.7 Å². The summed E-state index contributed by atoms with van der Waals surface area (Å²) in [7, 11) is 0. The average molecular weight is 527 g/mol. The zero-order valence-electron chi connectivity index (χ0n) is 21.0. The predicted octanol–water partition coefficient (Wildman–Crippen LogP) is 6.68. The number of benzene rings is 2. The molecule has 2 aromatic carbocycles. The standard InChI is InChI=1S/C27H31ClN4O3S/c1-5-7-14-35-22-13-12-19(15-23(22)34-6-2)25-24(18(4)33)17(3)29-26-30-27(31-32(25)26)36-16-20-10-8-9-11-21(20)28/h8-13,15,25H,5-7,14,16H2,1-4H3,(H,29,30,31). The van der Waals surface area contributed by atoms with Crippen molar-refractivity contribution in [1.29, 1.82) is 0 Å². The van der Waals surface area contributed by atoms with Gasteiger partial charge in [0.05, 0.1) is 13.2 Å². The van der Waals surface area contributed by atoms with Crippen molar-refractivity contribution >= 4 is 35.1 Å². The molecule has 0 amide bonds. The number of carbonyl (C=O) groups is 1. The Balaban J connectivity index is 1.69. The van der Waals surface area contributed by atoms with Crippen LogP contribution in [-0.2, 0) is 10.5 Å². The molecule has 7 nitrogen and oxygen atoms in total. The van der Waals surface area contributed by atoms with Gasteiger partial charge in [0.2, 0.25) is 11.1 Å². The van der Waals surface area contributed by atoms with Gasteiger partial charge in [-0.05, 0) is 56.5 Å². The zero-order valence-corrected chi connectivity index (χ0v) is 22.6. The molecular weight excluding hydrogens is 496 g/mol. The molecule has 4 rings (SSSR count). The van der Waals surface area contributed by atoms with Crippen molar-refractivity contribution in [2.45, 2.75) is 57.5 Å². The molecule has 0 saturated carbocycles. The molecule has 1 aliphatic heterocycles. The van der Waals surface area contributed by atoms with Crippen LogP contribution in [-0.4, -0.2) is 33.8 Å². The lowest BCUT2D eigenvalue weighted by Gasteiger charge is -2.28. The number of allylic oxidation sites excluding steroid dienone is 2. The number of thioether (sulfide) groups is 1. The van der Waals surface area contributed by atoms with Crippen LogP contribution in [0.3, 0.4) is 0 Å². The van der Waals surface area contributed by atoms with Crippen molar-refractivity contribution in [2.75, 3.05) is 18.5 Å². The summed E-state index contributed by atoms with van der Waals surface area (Å²) in [6.07, 6.45) is 2.02. The van der Waals surface area contributed by atoms with Gasteiger partial charge in [-0.15, -0.1) is 5.10 Å². The largest absolute Gasteiger partial charge is 0.490 e. The first-order valence-corrected chi connectivity index (χ1v) is 13.5. The second-order valence-electron chi connectivity index (χ2n) is 8.51. The van der Waals surface area contributed by atoms with Crippen LogP contribution in [0.25, 0.3) is 0 Å². The fourth-order valence-corrected chi connectivity index (χ4v) is 5.24. The molecular formula is C27H31ClN4O3S. The van der Waals surface area contributed by atoms with E-state index in [0.29, 0.717) is 52.2 Å². The molecule has 36 heavy (non-hydrogen) atoms. The van der Waals surface area contributed by atoms with E-state index in [1.807, 2.05) is 56.3 Å². The minimum absolute atomic E-state index is 0.0300. The van der Waals surface area contributed by atoms with Gasteiger partial charge >= 0.3 is 0 Å². The van der Waals surface area contributed by atoms with Gasteiger partial charge in [-0.25, -0.2) is 4.68 Å². The van der Waals surface area contributed by atoms with Gasteiger partial charge in [-0.2, -0.15) is 4.98 Å². The van der Waals surface area contributed by atoms with Crippen molar-refractivity contribution in [3.63, 3.8) is 0 Å². The van der Waals surface area contributed by atoms with E-state index in [0.717, 1.165) is 29.7 Å². The summed E-state index contributed by atoms with van der Waals surface area (Å²) < 4.78 is 13.6. The summed E-state index contributed by atoms with van der Waals surface area (Å²) in [4.78, 5) is 17.5. The maximum Gasteiger partial charge on any atom is 0.227 e. The second kappa shape index (κ2) is 11.8. The van der Waals surface area contributed by atoms with Crippen LogP contribution >= 0.6 is 23.4 Å². The SMILES string of the molecule is CCCCOc1ccc(C2C(C(C)=O)=C(C)Nc3nc(SCc4ccccc4Cl)nn32)cc1OCC. The van der Waals surface area contributed by atoms with Gasteiger partial charge in [0.25, 0.3) is 0 Å². The third kappa shape index (κ3) is 5.71. The highest BCUT2D eigenvalue weighted by Crippen LogP contribution is 2.40. The summed E-state index contributed by atoms with van der Waals surface area (Å²) in [5.41, 5.74) is 3.29. The van der Waals surface area contributed by atoms with E-state index in [2.05, 4.69) is 12.2 Å². The lowest BCUT2D eigenvalue weighted by molar-refractivity contribution is -0.114. The minimum atomic E-state index is -0.440. The summed E-state index contributed by atoms with van der Waals surface area (Å²) in [5.74, 6) is 2.55. The lowest BCUT2D eigenvalue weighted by atomic mass is 9.93. The Kier molecular flexibility index (Phi) is 8.59. The Morgan fingerprint density at radius 1 is 1.17 bits per heavy atom. The number of hydrogen-bond acceptors (Lipinski definition) is 7. The van der Waals surface area contributed by atoms with Crippen LogP contribution < -0.4 is 14.8 Å². The number of halogens is 1. The quantitative estimate of drug-likeness (QED) is 0.220. The first kappa shape index (κ1) is 26.1. The number of nitrogens with one attached hydrogen (secondary N) is 1. The number of aromatic nitrogens is 3. The van der Waals surface area contributed by atoms with Gasteiger partial charge < -0.3 is 14.8 Å². The monoisotopic (exact) mass is 526 g/mol. The van der Waals surface area contributed by atoms with Crippen molar-refractivity contribution in [3.8, 4) is 11.5 Å². The number of ketones is 1. The van der Waals surface area contributed by atoms with E-state index in [1.54, 1.807) is 11.6 Å². The molecule has 1 unspecified atom stereocenters. The summed E-state index contributed by atoms with van der Waals surface area (Å²) >= 11 is 7.82. The van der Waals surface area contributed by atoms with Gasteiger partial charge in [0.1, 0.15) is 6.04 Å². The predicted molar refractivity (Wildman–Crippen MR) is 144 cm³/mol. The van der Waals surface area contributed by atoms with Crippen molar-refractivity contribution in [1.82, 2.24) is 14.8 Å². The molecule has 0 saturated heterocycles. The molecule has 0 spiro atoms. The van der Waals surface area contributed by atoms with Crippen LogP contribution in [0, 0.1) is 0 Å². The molecule has 0 fully saturated rings. The Morgan fingerprint density at radius 2 is 1.97 bits per heavy atom. The van der Waals surface area contributed by atoms with Crippen molar-refractivity contribution in [2.24, 2.45) is 0 Å². The number of carbonyl (C=O) groups excluding carboxylic acids is 1. The van der Waals surface area contributed by atoms with E-state index < -0.39 is 6.04 Å². The molecule has 9 heteroatoms. The van der Waals surface area contributed by atoms with E-state index in [9.17, 15) is 4.79 Å². The summed E-state index contributed by atoms with van der Waals surface area (Å²) in [6.45, 7) is 8.67. The Morgan fingerprint density at radius 3 is 2.69 bits per heavy atom. The fraction of sp³-hybridized carbons (Fsp3) is 0.370. The van der Waals surface area contributed by atoms with Crippen LogP contribution in [0.2, 0.25) is 5.02 Å². The Hall–Kier alpha value is -2.97. The Bertz CT molecular complexity index is 1270. The number of nitrogens with zero attached hydrogens (tertiary/aromatic N) is 3. The third-order valence-corrected chi connectivity index (χ3v) is 7.12. The lowest BCUT2D eigenvalue weighted by Crippen LogP contribution is -2.27. The molecule has 190 valence electrons. The van der Waals surface area contributed by atoms with Gasteiger partial charge in [-0.3, -0.25) is 4.79 Å². The number of unbranched alkanes of at least 4 members (excludes halogenated alkanes) is 1. The van der Waals surface area contributed by atoms with E-state index in [-0.39, 0.29) is 5.78 Å². The smallest absolute Gasteiger partial charge is 0.227 e. The van der Waals surface area contributed by atoms with Crippen LogP contribution in [0.5, 0.6) is 11.5 Å². The second-order valence-corrected chi connectivity index (χ2v) is 9.86. The molecule has 0 aliphatic carbocycles. The molecule has 0 bridgehead atoms. The topological polar surface area (TPSA) is 78.3 Å². The molecule has 3 aromatic rings. The van der Waals surface area contributed by atoms with Gasteiger partial charge in [0.15, 0.2) is 17.3 Å². The zero-order chi connectivity index (χ0) is 25.7. The third-order valence-electron chi connectivity index (χ3n) is 5.87. The fourth-order valence-electron chi connectivity index (χ4n) is 4.12. The number of Topliss-reactive ketones (excluding diaryl/α,β-unsaturated/α-hetero) is 1. The first-order valence-electron chi connectivity index (χ1n) is 12.1.